The van der Waals surface area contributed by atoms with E-state index in [0.717, 1.165) is 17.0 Å². The quantitative estimate of drug-likeness (QED) is 0.462. The van der Waals surface area contributed by atoms with Gasteiger partial charge in [-0.05, 0) is 41.1 Å². The van der Waals surface area contributed by atoms with E-state index in [9.17, 15) is 28.0 Å². The Morgan fingerprint density at radius 1 is 1.11 bits per heavy atom. The van der Waals surface area contributed by atoms with Gasteiger partial charge < -0.3 is 10.2 Å². The molecule has 2 heterocycles. The molecule has 0 aliphatic carbocycles. The molecule has 2 aliphatic rings. The van der Waals surface area contributed by atoms with Crippen molar-refractivity contribution in [2.45, 2.75) is 35.5 Å². The number of nitrogens with zero attached hydrogens (tertiary/aromatic N) is 1. The van der Waals surface area contributed by atoms with Crippen LogP contribution in [-0.4, -0.2) is 65.4 Å². The van der Waals surface area contributed by atoms with Crippen LogP contribution in [0.2, 0.25) is 10.8 Å². The van der Waals surface area contributed by atoms with E-state index in [2.05, 4.69) is 0 Å². The normalized spacial score (nSPS) is 22.2. The molecular weight excluding hydrogens is 487 g/mol. The number of carbonyl (C=O) groups is 4. The molecular formula is C22H14B4ClF2N3O4. The SMILES string of the molecule is [B]C1C[C@@]([B])(N2Cc3cc(C([B])([B])NC(=O)C(F)(F)c4ccc(Cl)cc4)ccc3C2=O)C(=O)NC1=O. The molecule has 1 fully saturated rings. The lowest BCUT2D eigenvalue weighted by atomic mass is 9.57. The Kier molecular flexibility index (Phi) is 6.35. The molecule has 4 rings (SSSR count). The largest absolute Gasteiger partial charge is 0.358 e. The van der Waals surface area contributed by atoms with E-state index in [1.807, 2.05) is 10.6 Å². The summed E-state index contributed by atoms with van der Waals surface area (Å²) in [5.41, 5.74) is -2.05. The summed E-state index contributed by atoms with van der Waals surface area (Å²) in [6.07, 6.45) is -0.308. The molecule has 2 aromatic rings. The van der Waals surface area contributed by atoms with Gasteiger partial charge in [0.25, 0.3) is 11.8 Å². The molecule has 36 heavy (non-hydrogen) atoms. The van der Waals surface area contributed by atoms with Gasteiger partial charge in [-0.1, -0.05) is 35.9 Å². The fraction of sp³-hybridized carbons (Fsp3) is 0.273. The van der Waals surface area contributed by atoms with Crippen LogP contribution in [0.5, 0.6) is 0 Å². The minimum absolute atomic E-state index is 0.00204. The number of benzene rings is 2. The van der Waals surface area contributed by atoms with Crippen molar-refractivity contribution in [3.8, 4) is 0 Å². The molecule has 2 N–H and O–H groups in total. The van der Waals surface area contributed by atoms with Crippen LogP contribution < -0.4 is 10.6 Å². The van der Waals surface area contributed by atoms with E-state index in [1.165, 1.54) is 30.3 Å². The molecule has 8 radical (unpaired) electrons. The van der Waals surface area contributed by atoms with Gasteiger partial charge in [-0.25, -0.2) is 0 Å². The summed E-state index contributed by atoms with van der Waals surface area (Å²) < 4.78 is 29.4. The molecule has 174 valence electrons. The number of hydrogen-bond donors (Lipinski definition) is 2. The third kappa shape index (κ3) is 4.34. The lowest BCUT2D eigenvalue weighted by molar-refractivity contribution is -0.147. The summed E-state index contributed by atoms with van der Waals surface area (Å²) in [6.45, 7) is -0.183. The van der Waals surface area contributed by atoms with Crippen molar-refractivity contribution in [3.05, 3.63) is 69.7 Å². The maximum Gasteiger partial charge on any atom is 0.349 e. The van der Waals surface area contributed by atoms with Crippen LogP contribution in [0.15, 0.2) is 42.5 Å². The molecule has 14 heteroatoms. The standard InChI is InChI=1S/C22H14B4ClF2N3O4/c23-15-8-20(24,18(35)30-16(15)33)32-9-10-7-12(3-6-14(10)17(32)34)22(25,26)31-19(36)21(28,29)11-1-4-13(27)5-2-11/h1-7,15H,8-9H2,(H,31,36)(H,30,33,35)/t15?,20-/m1/s1. The van der Waals surface area contributed by atoms with E-state index in [4.69, 9.17) is 43.0 Å². The van der Waals surface area contributed by atoms with Gasteiger partial charge in [-0.15, -0.1) is 0 Å². The number of imide groups is 1. The van der Waals surface area contributed by atoms with Gasteiger partial charge in [0.2, 0.25) is 11.8 Å². The Labute approximate surface area is 215 Å². The smallest absolute Gasteiger partial charge is 0.349 e. The Bertz CT molecular complexity index is 1290. The number of amides is 4. The van der Waals surface area contributed by atoms with Gasteiger partial charge in [-0.3, -0.25) is 24.5 Å². The number of fused-ring (bicyclic) bond motifs is 1. The fourth-order valence-electron chi connectivity index (χ4n) is 4.10. The predicted octanol–water partition coefficient (Wildman–Crippen LogP) is 0.520. The molecule has 4 amide bonds. The average Bonchev–Trinajstić information content (AvgIpc) is 3.14. The number of rotatable bonds is 5. The van der Waals surface area contributed by atoms with Gasteiger partial charge in [-0.2, -0.15) is 8.78 Å². The third-order valence-corrected chi connectivity index (χ3v) is 6.43. The molecule has 2 aliphatic heterocycles. The van der Waals surface area contributed by atoms with Gasteiger partial charge in [0, 0.05) is 28.5 Å². The molecule has 2 aromatic carbocycles. The van der Waals surface area contributed by atoms with E-state index < -0.39 is 51.7 Å². The van der Waals surface area contributed by atoms with E-state index in [0.29, 0.717) is 5.56 Å². The maximum atomic E-state index is 14.7. The second-order valence-corrected chi connectivity index (χ2v) is 9.16. The molecule has 0 spiro atoms. The Morgan fingerprint density at radius 3 is 2.36 bits per heavy atom. The number of nitrogens with one attached hydrogen (secondary N) is 2. The van der Waals surface area contributed by atoms with Crippen LogP contribution >= 0.6 is 11.6 Å². The molecule has 2 atom stereocenters. The highest BCUT2D eigenvalue weighted by molar-refractivity contribution is 6.41. The molecule has 0 bridgehead atoms. The first-order chi connectivity index (χ1) is 16.7. The van der Waals surface area contributed by atoms with Crippen LogP contribution in [-0.2, 0) is 32.2 Å². The van der Waals surface area contributed by atoms with Gasteiger partial charge in [0.05, 0.1) is 29.0 Å². The lowest BCUT2D eigenvalue weighted by Gasteiger charge is -2.42. The minimum atomic E-state index is -3.98. The Hall–Kier alpha value is -3.07. The van der Waals surface area contributed by atoms with Crippen LogP contribution in [0.25, 0.3) is 0 Å². The first-order valence-corrected chi connectivity index (χ1v) is 10.9. The van der Waals surface area contributed by atoms with Crippen molar-refractivity contribution in [2.75, 3.05) is 0 Å². The zero-order valence-corrected chi connectivity index (χ0v) is 19.3. The topological polar surface area (TPSA) is 95.6 Å². The second-order valence-electron chi connectivity index (χ2n) is 8.72. The fourth-order valence-corrected chi connectivity index (χ4v) is 4.22. The highest BCUT2D eigenvalue weighted by Crippen LogP contribution is 2.36. The second kappa shape index (κ2) is 8.80. The molecule has 7 nitrogen and oxygen atoms in total. The van der Waals surface area contributed by atoms with Crippen molar-refractivity contribution in [1.82, 2.24) is 15.5 Å². The predicted molar refractivity (Wildman–Crippen MR) is 129 cm³/mol. The van der Waals surface area contributed by atoms with Crippen molar-refractivity contribution in [3.63, 3.8) is 0 Å². The Balaban J connectivity index is 1.57. The number of halogens is 3. The first kappa shape index (κ1) is 26.0. The summed E-state index contributed by atoms with van der Waals surface area (Å²) in [5, 5.41) is 1.92. The number of alkyl halides is 2. The molecule has 0 aromatic heterocycles. The highest BCUT2D eigenvalue weighted by atomic mass is 35.5. The van der Waals surface area contributed by atoms with Crippen molar-refractivity contribution >= 4 is 66.6 Å². The van der Waals surface area contributed by atoms with E-state index >= 15 is 0 Å². The summed E-state index contributed by atoms with van der Waals surface area (Å²) in [7, 11) is 23.9. The van der Waals surface area contributed by atoms with Gasteiger partial charge in [0.1, 0.15) is 7.85 Å². The monoisotopic (exact) mass is 501 g/mol. The number of carbonyl (C=O) groups excluding carboxylic acids is 4. The van der Waals surface area contributed by atoms with Gasteiger partial charge in [0.15, 0.2) is 0 Å². The van der Waals surface area contributed by atoms with E-state index in [1.54, 1.807) is 0 Å². The van der Waals surface area contributed by atoms with Crippen molar-refractivity contribution < 1.29 is 28.0 Å². The summed E-state index contributed by atoms with van der Waals surface area (Å²) in [5.74, 6) is -9.07. The molecule has 1 unspecified atom stereocenters. The third-order valence-electron chi connectivity index (χ3n) is 6.18. The summed E-state index contributed by atoms with van der Waals surface area (Å²) in [4.78, 5) is 50.6. The summed E-state index contributed by atoms with van der Waals surface area (Å²) >= 11 is 5.71. The lowest BCUT2D eigenvalue weighted by Crippen LogP contribution is -2.64. The zero-order valence-electron chi connectivity index (χ0n) is 18.6. The maximum absolute atomic E-state index is 14.7. The zero-order chi connectivity index (χ0) is 26.6. The van der Waals surface area contributed by atoms with Gasteiger partial charge >= 0.3 is 5.92 Å². The Morgan fingerprint density at radius 2 is 1.72 bits per heavy atom. The van der Waals surface area contributed by atoms with Crippen LogP contribution in [0.1, 0.15) is 33.5 Å². The summed E-state index contributed by atoms with van der Waals surface area (Å²) in [6, 6.07) is 8.34. The van der Waals surface area contributed by atoms with Crippen LogP contribution in [0.4, 0.5) is 8.78 Å². The van der Waals surface area contributed by atoms with Crippen LogP contribution in [0, 0.1) is 0 Å². The average molecular weight is 501 g/mol. The number of piperidine rings is 1. The van der Waals surface area contributed by atoms with E-state index in [-0.39, 0.29) is 29.1 Å². The number of hydrogen-bond acceptors (Lipinski definition) is 4. The van der Waals surface area contributed by atoms with Crippen LogP contribution in [0.3, 0.4) is 0 Å². The van der Waals surface area contributed by atoms with Crippen molar-refractivity contribution in [2.24, 2.45) is 0 Å². The highest BCUT2D eigenvalue weighted by Gasteiger charge is 2.50. The minimum Gasteiger partial charge on any atom is -0.358 e. The molecule has 0 saturated carbocycles. The molecule has 1 saturated heterocycles. The first-order valence-electron chi connectivity index (χ1n) is 10.6. The van der Waals surface area contributed by atoms with Crippen molar-refractivity contribution in [1.29, 1.82) is 0 Å².